The van der Waals surface area contributed by atoms with Gasteiger partial charge in [0.15, 0.2) is 5.13 Å². The predicted molar refractivity (Wildman–Crippen MR) is 131 cm³/mol. The first-order chi connectivity index (χ1) is 15.7. The average Bonchev–Trinajstić information content (AvgIpc) is 3.20. The van der Waals surface area contributed by atoms with Gasteiger partial charge in [0.25, 0.3) is 17.7 Å². The molecule has 1 aliphatic heterocycles. The van der Waals surface area contributed by atoms with E-state index in [1.54, 1.807) is 18.2 Å². The van der Waals surface area contributed by atoms with Crippen LogP contribution in [0.2, 0.25) is 10.0 Å². The van der Waals surface area contributed by atoms with E-state index in [2.05, 4.69) is 15.6 Å². The number of anilines is 3. The molecule has 2 N–H and O–H groups in total. The van der Waals surface area contributed by atoms with E-state index in [0.717, 1.165) is 15.5 Å². The molecule has 0 radical (unpaired) electrons. The number of halogens is 3. The SMILES string of the molecule is Cc1nc(NC(=O)c2cccc(NC3=C(Cl)C(=O)N(c4cc(Cl)ccc4Cl)C3=O)c2)sc1C. The summed E-state index contributed by atoms with van der Waals surface area (Å²) in [5.41, 5.74) is 1.55. The number of hydrogen-bond acceptors (Lipinski definition) is 6. The number of nitrogens with zero attached hydrogens (tertiary/aromatic N) is 2. The van der Waals surface area contributed by atoms with Crippen LogP contribution >= 0.6 is 46.1 Å². The van der Waals surface area contributed by atoms with Crippen molar-refractivity contribution in [2.75, 3.05) is 15.5 Å². The quantitative estimate of drug-likeness (QED) is 0.417. The van der Waals surface area contributed by atoms with Gasteiger partial charge in [-0.3, -0.25) is 19.7 Å². The topological polar surface area (TPSA) is 91.4 Å². The van der Waals surface area contributed by atoms with Crippen molar-refractivity contribution in [3.05, 3.63) is 79.4 Å². The van der Waals surface area contributed by atoms with Gasteiger partial charge < -0.3 is 5.32 Å². The summed E-state index contributed by atoms with van der Waals surface area (Å²) >= 11 is 19.7. The van der Waals surface area contributed by atoms with Crippen LogP contribution in [-0.2, 0) is 9.59 Å². The number of amides is 3. The molecule has 168 valence electrons. The van der Waals surface area contributed by atoms with Gasteiger partial charge in [0.2, 0.25) is 0 Å². The number of imide groups is 1. The van der Waals surface area contributed by atoms with Crippen molar-refractivity contribution in [2.24, 2.45) is 0 Å². The highest BCUT2D eigenvalue weighted by Crippen LogP contribution is 2.36. The molecule has 0 saturated carbocycles. The van der Waals surface area contributed by atoms with Gasteiger partial charge in [0, 0.05) is 21.2 Å². The zero-order chi connectivity index (χ0) is 23.9. The van der Waals surface area contributed by atoms with Crippen molar-refractivity contribution in [2.45, 2.75) is 13.8 Å². The number of thiazole rings is 1. The Hall–Kier alpha value is -2.91. The van der Waals surface area contributed by atoms with E-state index < -0.39 is 11.8 Å². The molecule has 0 saturated heterocycles. The van der Waals surface area contributed by atoms with Gasteiger partial charge in [0.1, 0.15) is 10.7 Å². The van der Waals surface area contributed by atoms with Crippen LogP contribution < -0.4 is 15.5 Å². The molecule has 3 amide bonds. The average molecular weight is 522 g/mol. The third-order valence-electron chi connectivity index (χ3n) is 4.82. The number of carbonyl (C=O) groups is 3. The van der Waals surface area contributed by atoms with Crippen molar-refractivity contribution in [3.63, 3.8) is 0 Å². The molecule has 0 unspecified atom stereocenters. The van der Waals surface area contributed by atoms with Gasteiger partial charge in [-0.1, -0.05) is 40.9 Å². The van der Waals surface area contributed by atoms with E-state index in [9.17, 15) is 14.4 Å². The fraction of sp³-hybridized carbons (Fsp3) is 0.0909. The Kier molecular flexibility index (Phi) is 6.45. The second kappa shape index (κ2) is 9.15. The van der Waals surface area contributed by atoms with Crippen LogP contribution in [0.25, 0.3) is 0 Å². The summed E-state index contributed by atoms with van der Waals surface area (Å²) in [7, 11) is 0. The Bertz CT molecular complexity index is 1330. The Morgan fingerprint density at radius 1 is 1.03 bits per heavy atom. The fourth-order valence-electron chi connectivity index (χ4n) is 3.07. The summed E-state index contributed by atoms with van der Waals surface area (Å²) in [4.78, 5) is 44.5. The predicted octanol–water partition coefficient (Wildman–Crippen LogP) is 5.75. The van der Waals surface area contributed by atoms with Gasteiger partial charge in [-0.15, -0.1) is 11.3 Å². The highest BCUT2D eigenvalue weighted by atomic mass is 35.5. The summed E-state index contributed by atoms with van der Waals surface area (Å²) in [6.07, 6.45) is 0. The number of nitrogens with one attached hydrogen (secondary N) is 2. The Balaban J connectivity index is 1.56. The molecule has 3 aromatic rings. The molecule has 0 bridgehead atoms. The highest BCUT2D eigenvalue weighted by molar-refractivity contribution is 7.15. The van der Waals surface area contributed by atoms with E-state index in [1.807, 2.05) is 13.8 Å². The molecule has 0 atom stereocenters. The molecule has 2 heterocycles. The zero-order valence-electron chi connectivity index (χ0n) is 17.2. The van der Waals surface area contributed by atoms with Crippen LogP contribution in [0.15, 0.2) is 53.2 Å². The number of aromatic nitrogens is 1. The smallest absolute Gasteiger partial charge is 0.283 e. The zero-order valence-corrected chi connectivity index (χ0v) is 20.3. The molecule has 1 aromatic heterocycles. The normalized spacial score (nSPS) is 13.7. The monoisotopic (exact) mass is 520 g/mol. The lowest BCUT2D eigenvalue weighted by Gasteiger charge is -2.17. The second-order valence-corrected chi connectivity index (χ2v) is 9.48. The van der Waals surface area contributed by atoms with Gasteiger partial charge >= 0.3 is 0 Å². The molecule has 11 heteroatoms. The Morgan fingerprint density at radius 2 is 1.79 bits per heavy atom. The lowest BCUT2D eigenvalue weighted by atomic mass is 10.2. The van der Waals surface area contributed by atoms with E-state index in [4.69, 9.17) is 34.8 Å². The molecule has 1 aliphatic rings. The molecule has 0 fully saturated rings. The minimum Gasteiger partial charge on any atom is -0.350 e. The molecule has 0 aliphatic carbocycles. The fourth-order valence-corrected chi connectivity index (χ4v) is 4.46. The van der Waals surface area contributed by atoms with Crippen LogP contribution in [0.1, 0.15) is 20.9 Å². The first-order valence-corrected chi connectivity index (χ1v) is 11.5. The van der Waals surface area contributed by atoms with E-state index >= 15 is 0 Å². The highest BCUT2D eigenvalue weighted by Gasteiger charge is 2.40. The lowest BCUT2D eigenvalue weighted by Crippen LogP contribution is -2.32. The molecule has 2 aromatic carbocycles. The van der Waals surface area contributed by atoms with Crippen molar-refractivity contribution in [3.8, 4) is 0 Å². The van der Waals surface area contributed by atoms with Crippen molar-refractivity contribution >= 4 is 80.4 Å². The molecular formula is C22H15Cl3N4O3S. The number of carbonyl (C=O) groups excluding carboxylic acids is 3. The van der Waals surface area contributed by atoms with Gasteiger partial charge in [-0.05, 0) is 50.2 Å². The summed E-state index contributed by atoms with van der Waals surface area (Å²) in [6.45, 7) is 3.79. The van der Waals surface area contributed by atoms with Crippen LogP contribution in [0.4, 0.5) is 16.5 Å². The van der Waals surface area contributed by atoms with Crippen molar-refractivity contribution in [1.82, 2.24) is 4.98 Å². The van der Waals surface area contributed by atoms with Crippen molar-refractivity contribution < 1.29 is 14.4 Å². The van der Waals surface area contributed by atoms with Crippen LogP contribution in [0.3, 0.4) is 0 Å². The maximum absolute atomic E-state index is 13.0. The maximum Gasteiger partial charge on any atom is 0.283 e. The van der Waals surface area contributed by atoms with E-state index in [1.165, 1.54) is 35.6 Å². The minimum absolute atomic E-state index is 0.122. The van der Waals surface area contributed by atoms with E-state index in [0.29, 0.717) is 21.4 Å². The molecule has 4 rings (SSSR count). The summed E-state index contributed by atoms with van der Waals surface area (Å²) in [5, 5.41) is 6.25. The first-order valence-electron chi connectivity index (χ1n) is 9.52. The first kappa shape index (κ1) is 23.3. The van der Waals surface area contributed by atoms with Gasteiger partial charge in [0.05, 0.1) is 16.4 Å². The van der Waals surface area contributed by atoms with E-state index in [-0.39, 0.29) is 27.3 Å². The number of benzene rings is 2. The largest absolute Gasteiger partial charge is 0.350 e. The van der Waals surface area contributed by atoms with Gasteiger partial charge in [-0.2, -0.15) is 0 Å². The number of aryl methyl sites for hydroxylation is 2. The molecule has 0 spiro atoms. The maximum atomic E-state index is 13.0. The summed E-state index contributed by atoms with van der Waals surface area (Å²) < 4.78 is 0. The Morgan fingerprint density at radius 3 is 2.48 bits per heavy atom. The number of hydrogen-bond donors (Lipinski definition) is 2. The lowest BCUT2D eigenvalue weighted by molar-refractivity contribution is -0.120. The second-order valence-electron chi connectivity index (χ2n) is 7.05. The molecular weight excluding hydrogens is 507 g/mol. The van der Waals surface area contributed by atoms with Crippen molar-refractivity contribution in [1.29, 1.82) is 0 Å². The van der Waals surface area contributed by atoms with Crippen LogP contribution in [0, 0.1) is 13.8 Å². The molecule has 33 heavy (non-hydrogen) atoms. The van der Waals surface area contributed by atoms with Crippen LogP contribution in [0.5, 0.6) is 0 Å². The number of rotatable bonds is 5. The third-order valence-corrected chi connectivity index (χ3v) is 6.71. The summed E-state index contributed by atoms with van der Waals surface area (Å²) in [5.74, 6) is -1.80. The Labute approximate surface area is 208 Å². The molecule has 7 nitrogen and oxygen atoms in total. The van der Waals surface area contributed by atoms with Crippen LogP contribution in [-0.4, -0.2) is 22.7 Å². The van der Waals surface area contributed by atoms with Gasteiger partial charge in [-0.25, -0.2) is 9.88 Å². The summed E-state index contributed by atoms with van der Waals surface area (Å²) in [6, 6.07) is 10.8. The standard InChI is InChI=1S/C22H15Cl3N4O3S/c1-10-11(2)33-22(26-10)28-19(30)12-4-3-5-14(8-12)27-18-17(25)20(31)29(21(18)32)16-9-13(23)6-7-15(16)24/h3-9,27H,1-2H3,(H,26,28,30). The third kappa shape index (κ3) is 4.60. The minimum atomic E-state index is -0.739.